The van der Waals surface area contributed by atoms with Crippen molar-refractivity contribution in [1.29, 1.82) is 5.26 Å². The Bertz CT molecular complexity index is 675. The number of hydrogen-bond donors (Lipinski definition) is 2. The summed E-state index contributed by atoms with van der Waals surface area (Å²) in [5.41, 5.74) is 1.87. The molecule has 0 radical (unpaired) electrons. The van der Waals surface area contributed by atoms with Gasteiger partial charge in [0.2, 0.25) is 5.91 Å². The van der Waals surface area contributed by atoms with Gasteiger partial charge in [0.1, 0.15) is 12.1 Å². The second-order valence-electron chi connectivity index (χ2n) is 4.44. The molecule has 2 rings (SSSR count). The first-order valence-electron chi connectivity index (χ1n) is 6.49. The number of likely N-dealkylation sites (N-methyl/N-ethyl adjacent to an activating group) is 1. The summed E-state index contributed by atoms with van der Waals surface area (Å²) in [7, 11) is 0. The van der Waals surface area contributed by atoms with Gasteiger partial charge in [-0.3, -0.25) is 9.78 Å². The SMILES string of the molecule is CCNC(=O)C(C)Nc1c(C#N)cnc2ccccc12. The van der Waals surface area contributed by atoms with E-state index in [-0.39, 0.29) is 5.91 Å². The van der Waals surface area contributed by atoms with Crippen molar-refractivity contribution in [1.82, 2.24) is 10.3 Å². The van der Waals surface area contributed by atoms with Gasteiger partial charge in [-0.2, -0.15) is 5.26 Å². The van der Waals surface area contributed by atoms with Crippen molar-refractivity contribution in [3.63, 3.8) is 0 Å². The molecule has 5 nitrogen and oxygen atoms in total. The van der Waals surface area contributed by atoms with Crippen molar-refractivity contribution in [3.8, 4) is 6.07 Å². The fourth-order valence-electron chi connectivity index (χ4n) is 1.99. The zero-order chi connectivity index (χ0) is 14.5. The van der Waals surface area contributed by atoms with E-state index in [2.05, 4.69) is 21.7 Å². The number of rotatable bonds is 4. The van der Waals surface area contributed by atoms with Crippen LogP contribution in [0, 0.1) is 11.3 Å². The van der Waals surface area contributed by atoms with Crippen molar-refractivity contribution in [2.24, 2.45) is 0 Å². The Kier molecular flexibility index (Phi) is 4.16. The first-order chi connectivity index (χ1) is 9.67. The normalized spacial score (nSPS) is 11.7. The molecule has 20 heavy (non-hydrogen) atoms. The molecule has 1 atom stereocenters. The number of aromatic nitrogens is 1. The van der Waals surface area contributed by atoms with Gasteiger partial charge in [0, 0.05) is 18.1 Å². The van der Waals surface area contributed by atoms with Gasteiger partial charge in [0.25, 0.3) is 0 Å². The minimum atomic E-state index is -0.423. The Balaban J connectivity index is 2.42. The van der Waals surface area contributed by atoms with Crippen LogP contribution >= 0.6 is 0 Å². The van der Waals surface area contributed by atoms with Crippen LogP contribution in [0.15, 0.2) is 30.5 Å². The van der Waals surface area contributed by atoms with Crippen LogP contribution in [0.2, 0.25) is 0 Å². The smallest absolute Gasteiger partial charge is 0.242 e. The molecular formula is C15H16N4O. The van der Waals surface area contributed by atoms with Crippen LogP contribution < -0.4 is 10.6 Å². The lowest BCUT2D eigenvalue weighted by atomic mass is 10.1. The van der Waals surface area contributed by atoms with E-state index in [0.717, 1.165) is 10.9 Å². The zero-order valence-electron chi connectivity index (χ0n) is 11.5. The van der Waals surface area contributed by atoms with Gasteiger partial charge in [-0.05, 0) is 19.9 Å². The predicted molar refractivity (Wildman–Crippen MR) is 78.2 cm³/mol. The van der Waals surface area contributed by atoms with Gasteiger partial charge < -0.3 is 10.6 Å². The molecule has 2 N–H and O–H groups in total. The molecule has 0 aliphatic carbocycles. The van der Waals surface area contributed by atoms with Gasteiger partial charge in [-0.1, -0.05) is 18.2 Å². The van der Waals surface area contributed by atoms with E-state index in [9.17, 15) is 10.1 Å². The van der Waals surface area contributed by atoms with Crippen LogP contribution in [0.5, 0.6) is 0 Å². The molecule has 1 aromatic heterocycles. The first-order valence-corrected chi connectivity index (χ1v) is 6.49. The van der Waals surface area contributed by atoms with Crippen LogP contribution in [0.25, 0.3) is 10.9 Å². The molecule has 0 saturated carbocycles. The molecule has 1 heterocycles. The topological polar surface area (TPSA) is 77.8 Å². The third kappa shape index (κ3) is 2.69. The van der Waals surface area contributed by atoms with Crippen LogP contribution in [-0.4, -0.2) is 23.5 Å². The maximum atomic E-state index is 11.8. The molecular weight excluding hydrogens is 252 g/mol. The summed E-state index contributed by atoms with van der Waals surface area (Å²) < 4.78 is 0. The fraction of sp³-hybridized carbons (Fsp3) is 0.267. The lowest BCUT2D eigenvalue weighted by molar-refractivity contribution is -0.121. The molecule has 2 aromatic rings. The van der Waals surface area contributed by atoms with Crippen molar-refractivity contribution < 1.29 is 4.79 Å². The molecule has 0 fully saturated rings. The highest BCUT2D eigenvalue weighted by Gasteiger charge is 2.15. The second kappa shape index (κ2) is 6.02. The van der Waals surface area contributed by atoms with Crippen LogP contribution in [0.1, 0.15) is 19.4 Å². The molecule has 1 amide bonds. The van der Waals surface area contributed by atoms with E-state index in [1.165, 1.54) is 6.20 Å². The first kappa shape index (κ1) is 13.8. The predicted octanol–water partition coefficient (Wildman–Crippen LogP) is 2.04. The number of anilines is 1. The highest BCUT2D eigenvalue weighted by Crippen LogP contribution is 2.25. The monoisotopic (exact) mass is 268 g/mol. The molecule has 1 aromatic carbocycles. The van der Waals surface area contributed by atoms with Gasteiger partial charge >= 0.3 is 0 Å². The lowest BCUT2D eigenvalue weighted by Gasteiger charge is -2.17. The van der Waals surface area contributed by atoms with Crippen molar-refractivity contribution in [2.75, 3.05) is 11.9 Å². The average Bonchev–Trinajstić information content (AvgIpc) is 2.47. The van der Waals surface area contributed by atoms with E-state index in [4.69, 9.17) is 0 Å². The van der Waals surface area contributed by atoms with Crippen molar-refractivity contribution >= 4 is 22.5 Å². The zero-order valence-corrected chi connectivity index (χ0v) is 11.5. The van der Waals surface area contributed by atoms with E-state index < -0.39 is 6.04 Å². The van der Waals surface area contributed by atoms with E-state index in [1.54, 1.807) is 6.92 Å². The number of pyridine rings is 1. The van der Waals surface area contributed by atoms with Crippen molar-refractivity contribution in [2.45, 2.75) is 19.9 Å². The number of nitrogens with zero attached hydrogens (tertiary/aromatic N) is 2. The molecule has 0 spiro atoms. The molecule has 0 saturated heterocycles. The summed E-state index contributed by atoms with van der Waals surface area (Å²) in [5.74, 6) is -0.0997. The number of para-hydroxylation sites is 1. The molecule has 5 heteroatoms. The summed E-state index contributed by atoms with van der Waals surface area (Å²) in [6.07, 6.45) is 1.52. The third-order valence-electron chi connectivity index (χ3n) is 3.00. The highest BCUT2D eigenvalue weighted by atomic mass is 16.2. The Morgan fingerprint density at radius 3 is 2.90 bits per heavy atom. The molecule has 0 bridgehead atoms. The van der Waals surface area contributed by atoms with Gasteiger partial charge in [0.15, 0.2) is 0 Å². The number of carbonyl (C=O) groups is 1. The summed E-state index contributed by atoms with van der Waals surface area (Å²) in [6, 6.07) is 9.21. The van der Waals surface area contributed by atoms with E-state index in [0.29, 0.717) is 17.8 Å². The number of nitriles is 1. The number of nitrogens with one attached hydrogen (secondary N) is 2. The average molecular weight is 268 g/mol. The highest BCUT2D eigenvalue weighted by molar-refractivity contribution is 5.96. The van der Waals surface area contributed by atoms with Gasteiger partial charge in [-0.15, -0.1) is 0 Å². The van der Waals surface area contributed by atoms with E-state index >= 15 is 0 Å². The number of fused-ring (bicyclic) bond motifs is 1. The van der Waals surface area contributed by atoms with Gasteiger partial charge in [0.05, 0.1) is 16.8 Å². The summed E-state index contributed by atoms with van der Waals surface area (Å²) in [5, 5.41) is 15.9. The van der Waals surface area contributed by atoms with Crippen LogP contribution in [0.4, 0.5) is 5.69 Å². The number of hydrogen-bond acceptors (Lipinski definition) is 4. The largest absolute Gasteiger partial charge is 0.372 e. The molecule has 102 valence electrons. The molecule has 0 aliphatic rings. The molecule has 0 aliphatic heterocycles. The maximum absolute atomic E-state index is 11.8. The standard InChI is InChI=1S/C15H16N4O/c1-3-17-15(20)10(2)19-14-11(8-16)9-18-13-7-5-4-6-12(13)14/h4-7,9-10H,3H2,1-2H3,(H,17,20)(H,18,19). The molecule has 1 unspecified atom stereocenters. The quantitative estimate of drug-likeness (QED) is 0.889. The number of amides is 1. The van der Waals surface area contributed by atoms with Crippen molar-refractivity contribution in [3.05, 3.63) is 36.0 Å². The second-order valence-corrected chi connectivity index (χ2v) is 4.44. The Morgan fingerprint density at radius 2 is 2.20 bits per heavy atom. The Hall–Kier alpha value is -2.61. The Morgan fingerprint density at radius 1 is 1.45 bits per heavy atom. The summed E-state index contributed by atoms with van der Waals surface area (Å²) in [4.78, 5) is 16.0. The van der Waals surface area contributed by atoms with Crippen LogP contribution in [0.3, 0.4) is 0 Å². The Labute approximate surface area is 117 Å². The third-order valence-corrected chi connectivity index (χ3v) is 3.00. The fourth-order valence-corrected chi connectivity index (χ4v) is 1.99. The minimum Gasteiger partial charge on any atom is -0.372 e. The van der Waals surface area contributed by atoms with Gasteiger partial charge in [-0.25, -0.2) is 0 Å². The maximum Gasteiger partial charge on any atom is 0.242 e. The van der Waals surface area contributed by atoms with Crippen LogP contribution in [-0.2, 0) is 4.79 Å². The summed E-state index contributed by atoms with van der Waals surface area (Å²) in [6.45, 7) is 4.21. The summed E-state index contributed by atoms with van der Waals surface area (Å²) >= 11 is 0. The lowest BCUT2D eigenvalue weighted by Crippen LogP contribution is -2.37. The number of benzene rings is 1. The van der Waals surface area contributed by atoms with E-state index in [1.807, 2.05) is 31.2 Å². The number of carbonyl (C=O) groups excluding carboxylic acids is 1. The minimum absolute atomic E-state index is 0.0997.